The Morgan fingerprint density at radius 3 is 2.40 bits per heavy atom. The summed E-state index contributed by atoms with van der Waals surface area (Å²) >= 11 is 0. The van der Waals surface area contributed by atoms with Crippen LogP contribution in [0, 0.1) is 10.1 Å². The largest absolute Gasteiger partial charge is 0.508 e. The monoisotopic (exact) mass is 432 g/mol. The second-order valence-corrected chi connectivity index (χ2v) is 9.17. The van der Waals surface area contributed by atoms with Gasteiger partial charge in [0.1, 0.15) is 10.6 Å². The van der Waals surface area contributed by atoms with Crippen LogP contribution in [-0.2, 0) is 10.0 Å². The minimum absolute atomic E-state index is 0.119. The first kappa shape index (κ1) is 21.7. The third kappa shape index (κ3) is 4.60. The van der Waals surface area contributed by atoms with E-state index in [9.17, 15) is 23.6 Å². The highest BCUT2D eigenvalue weighted by atomic mass is 32.2. The summed E-state index contributed by atoms with van der Waals surface area (Å²) < 4.78 is 28.4. The van der Waals surface area contributed by atoms with E-state index in [2.05, 4.69) is 10.5 Å². The minimum Gasteiger partial charge on any atom is -0.508 e. The molecule has 1 aliphatic heterocycles. The molecule has 1 saturated heterocycles. The van der Waals surface area contributed by atoms with Crippen LogP contribution < -0.4 is 5.43 Å². The number of anilines is 1. The third-order valence-electron chi connectivity index (χ3n) is 5.14. The van der Waals surface area contributed by atoms with Gasteiger partial charge in [-0.05, 0) is 62.6 Å². The number of piperidine rings is 1. The van der Waals surface area contributed by atoms with Crippen molar-refractivity contribution in [3.63, 3.8) is 0 Å². The van der Waals surface area contributed by atoms with Crippen molar-refractivity contribution in [1.82, 2.24) is 4.31 Å². The molecule has 1 heterocycles. The average Bonchev–Trinajstić information content (AvgIpc) is 2.69. The number of nitrogens with one attached hydrogen (secondary N) is 1. The Morgan fingerprint density at radius 2 is 1.80 bits per heavy atom. The van der Waals surface area contributed by atoms with E-state index in [0.717, 1.165) is 25.3 Å². The average molecular weight is 433 g/mol. The molecule has 10 heteroatoms. The lowest BCUT2D eigenvalue weighted by molar-refractivity contribution is -0.385. The first-order valence-corrected chi connectivity index (χ1v) is 11.0. The maximum atomic E-state index is 13.5. The van der Waals surface area contributed by atoms with Crippen molar-refractivity contribution in [2.45, 2.75) is 50.1 Å². The van der Waals surface area contributed by atoms with Gasteiger partial charge in [0.25, 0.3) is 5.69 Å². The van der Waals surface area contributed by atoms with Crippen LogP contribution >= 0.6 is 0 Å². The number of nitrogens with zero attached hydrogens (tertiary/aromatic N) is 3. The van der Waals surface area contributed by atoms with Crippen molar-refractivity contribution in [3.05, 3.63) is 58.1 Å². The molecule has 0 spiro atoms. The Morgan fingerprint density at radius 1 is 1.17 bits per heavy atom. The Labute approximate surface area is 175 Å². The van der Waals surface area contributed by atoms with Crippen LogP contribution in [0.4, 0.5) is 11.4 Å². The van der Waals surface area contributed by atoms with E-state index in [4.69, 9.17) is 0 Å². The molecule has 0 bridgehead atoms. The highest BCUT2D eigenvalue weighted by Crippen LogP contribution is 2.34. The fraction of sp³-hybridized carbons (Fsp3) is 0.350. The molecule has 2 aromatic rings. The smallest absolute Gasteiger partial charge is 0.270 e. The SMILES string of the molecule is C[C@@H]1CCC[C@H](C)N1S(=O)(=O)c1cc([N+](=O)[O-])ccc1N/N=C\c1ccc(O)cc1. The van der Waals surface area contributed by atoms with E-state index >= 15 is 0 Å². The van der Waals surface area contributed by atoms with Crippen LogP contribution in [0.15, 0.2) is 52.5 Å². The maximum Gasteiger partial charge on any atom is 0.270 e. The fourth-order valence-corrected chi connectivity index (χ4v) is 5.70. The lowest BCUT2D eigenvalue weighted by Gasteiger charge is -2.37. The zero-order valence-corrected chi connectivity index (χ0v) is 17.5. The van der Waals surface area contributed by atoms with E-state index in [-0.39, 0.29) is 34.1 Å². The molecule has 0 aromatic heterocycles. The highest BCUT2D eigenvalue weighted by Gasteiger charge is 2.37. The summed E-state index contributed by atoms with van der Waals surface area (Å²) in [7, 11) is -3.99. The van der Waals surface area contributed by atoms with Gasteiger partial charge in [0.05, 0.1) is 16.8 Å². The summed E-state index contributed by atoms with van der Waals surface area (Å²) in [5, 5.41) is 24.7. The van der Waals surface area contributed by atoms with Gasteiger partial charge in [0.15, 0.2) is 0 Å². The summed E-state index contributed by atoms with van der Waals surface area (Å²) in [6.07, 6.45) is 3.87. The van der Waals surface area contributed by atoms with Crippen molar-refractivity contribution < 1.29 is 18.4 Å². The van der Waals surface area contributed by atoms with Gasteiger partial charge in [-0.1, -0.05) is 6.42 Å². The second kappa shape index (κ2) is 8.80. The number of benzene rings is 2. The molecule has 30 heavy (non-hydrogen) atoms. The number of hydrogen-bond donors (Lipinski definition) is 2. The maximum absolute atomic E-state index is 13.5. The number of nitro benzene ring substituents is 1. The third-order valence-corrected chi connectivity index (χ3v) is 7.30. The van der Waals surface area contributed by atoms with Gasteiger partial charge in [-0.3, -0.25) is 15.5 Å². The Hall–Kier alpha value is -2.98. The molecule has 0 unspecified atom stereocenters. The molecule has 160 valence electrons. The van der Waals surface area contributed by atoms with Crippen molar-refractivity contribution in [2.24, 2.45) is 5.10 Å². The lowest BCUT2D eigenvalue weighted by Crippen LogP contribution is -2.47. The number of hydrazone groups is 1. The topological polar surface area (TPSA) is 125 Å². The van der Waals surface area contributed by atoms with Gasteiger partial charge in [-0.2, -0.15) is 9.41 Å². The summed E-state index contributed by atoms with van der Waals surface area (Å²) in [5.41, 5.74) is 3.23. The molecule has 0 amide bonds. The van der Waals surface area contributed by atoms with E-state index in [1.54, 1.807) is 12.1 Å². The van der Waals surface area contributed by atoms with E-state index in [1.165, 1.54) is 34.8 Å². The van der Waals surface area contributed by atoms with Gasteiger partial charge in [0, 0.05) is 24.2 Å². The molecular formula is C20H24N4O5S. The van der Waals surface area contributed by atoms with Crippen LogP contribution in [0.25, 0.3) is 0 Å². The normalized spacial score (nSPS) is 20.3. The molecule has 9 nitrogen and oxygen atoms in total. The van der Waals surface area contributed by atoms with Crippen LogP contribution in [0.2, 0.25) is 0 Å². The highest BCUT2D eigenvalue weighted by molar-refractivity contribution is 7.89. The van der Waals surface area contributed by atoms with Crippen molar-refractivity contribution >= 4 is 27.6 Å². The van der Waals surface area contributed by atoms with Gasteiger partial charge in [0.2, 0.25) is 10.0 Å². The second-order valence-electron chi connectivity index (χ2n) is 7.36. The molecule has 0 radical (unpaired) electrons. The Balaban J connectivity index is 1.98. The zero-order chi connectivity index (χ0) is 21.9. The number of phenols is 1. The van der Waals surface area contributed by atoms with E-state index < -0.39 is 14.9 Å². The number of non-ortho nitro benzene ring substituents is 1. The number of aromatic hydroxyl groups is 1. The molecule has 2 aromatic carbocycles. The predicted octanol–water partition coefficient (Wildman–Crippen LogP) is 3.70. The zero-order valence-electron chi connectivity index (χ0n) is 16.7. The molecule has 1 fully saturated rings. The van der Waals surface area contributed by atoms with Gasteiger partial charge < -0.3 is 5.11 Å². The quantitative estimate of drug-likeness (QED) is 0.407. The minimum atomic E-state index is -3.99. The number of sulfonamides is 1. The standard InChI is InChI=1S/C20H24N4O5S/c1-14-4-3-5-15(2)23(14)30(28,29)20-12-17(24(26)27)8-11-19(20)22-21-13-16-6-9-18(25)10-7-16/h6-15,22,25H,3-5H2,1-2H3/b21-13-/t14-,15+. The van der Waals surface area contributed by atoms with Crippen LogP contribution in [-0.4, -0.2) is 41.1 Å². The Bertz CT molecular complexity index is 1040. The number of hydrogen-bond acceptors (Lipinski definition) is 7. The first-order valence-electron chi connectivity index (χ1n) is 9.60. The molecule has 2 atom stereocenters. The summed E-state index contributed by atoms with van der Waals surface area (Å²) in [5.74, 6) is 0.119. The van der Waals surface area contributed by atoms with Gasteiger partial charge in [-0.25, -0.2) is 8.42 Å². The van der Waals surface area contributed by atoms with Crippen LogP contribution in [0.1, 0.15) is 38.7 Å². The molecule has 0 aliphatic carbocycles. The number of rotatable bonds is 6. The molecule has 0 saturated carbocycles. The van der Waals surface area contributed by atoms with Gasteiger partial charge in [-0.15, -0.1) is 0 Å². The predicted molar refractivity (Wildman–Crippen MR) is 114 cm³/mol. The number of nitro groups is 1. The van der Waals surface area contributed by atoms with E-state index in [0.29, 0.717) is 5.56 Å². The Kier molecular flexibility index (Phi) is 6.37. The molecule has 1 aliphatic rings. The van der Waals surface area contributed by atoms with Crippen LogP contribution in [0.3, 0.4) is 0 Å². The van der Waals surface area contributed by atoms with Crippen LogP contribution in [0.5, 0.6) is 5.75 Å². The van der Waals surface area contributed by atoms with Crippen molar-refractivity contribution in [3.8, 4) is 5.75 Å². The lowest BCUT2D eigenvalue weighted by atomic mass is 10.0. The molecule has 3 rings (SSSR count). The molecule has 2 N–H and O–H groups in total. The van der Waals surface area contributed by atoms with Crippen molar-refractivity contribution in [1.29, 1.82) is 0 Å². The number of phenolic OH excluding ortho intramolecular Hbond substituents is 1. The van der Waals surface area contributed by atoms with Gasteiger partial charge >= 0.3 is 0 Å². The first-order chi connectivity index (χ1) is 14.2. The molecular weight excluding hydrogens is 408 g/mol. The van der Waals surface area contributed by atoms with E-state index in [1.807, 2.05) is 13.8 Å². The summed E-state index contributed by atoms with van der Waals surface area (Å²) in [6.45, 7) is 3.70. The summed E-state index contributed by atoms with van der Waals surface area (Å²) in [4.78, 5) is 10.4. The fourth-order valence-electron chi connectivity index (χ4n) is 3.65. The summed E-state index contributed by atoms with van der Waals surface area (Å²) in [6, 6.07) is 9.54. The van der Waals surface area contributed by atoms with Crippen molar-refractivity contribution in [2.75, 3.05) is 5.43 Å².